The molecule has 216 valence electrons. The molecule has 11 heteroatoms. The molecular weight excluding hydrogens is 634 g/mol. The van der Waals surface area contributed by atoms with E-state index in [9.17, 15) is 29.0 Å². The number of halogens is 2. The second kappa shape index (κ2) is 15.1. The predicted octanol–water partition coefficient (Wildman–Crippen LogP) is 3.39. The summed E-state index contributed by atoms with van der Waals surface area (Å²) in [5.74, 6) is -0.542. The third-order valence-corrected chi connectivity index (χ3v) is 7.39. The Morgan fingerprint density at radius 1 is 1.25 bits per heavy atom. The van der Waals surface area contributed by atoms with Crippen LogP contribution in [0.25, 0.3) is 0 Å². The standard InChI is InChI=1S/C29H34FIN2O7/c1-3-4-5-26(36)33(16-18-6-8-21(30)9-7-18)23-14-20(29(38)32-10-11-34)15-24(27(23)37)40-28-22(31)12-19(17-35)13-25(28)39-2/h6-9,12-13,15,17,23-24,27,34,37H,3-5,10-11,14,16H2,1-2H3,(H,32,38). The molecule has 0 bridgehead atoms. The van der Waals surface area contributed by atoms with Gasteiger partial charge in [-0.05, 0) is 64.9 Å². The number of benzene rings is 2. The molecule has 40 heavy (non-hydrogen) atoms. The zero-order chi connectivity index (χ0) is 29.2. The normalized spacial score (nSPS) is 18.4. The van der Waals surface area contributed by atoms with E-state index in [2.05, 4.69) is 5.32 Å². The summed E-state index contributed by atoms with van der Waals surface area (Å²) in [5, 5.41) is 23.4. The van der Waals surface area contributed by atoms with Gasteiger partial charge < -0.3 is 29.9 Å². The SMILES string of the molecule is CCCCC(=O)N(Cc1ccc(F)cc1)C1CC(C(=O)NCCO)=CC(Oc2c(I)cc(C=O)cc2OC)C1O. The fourth-order valence-corrected chi connectivity index (χ4v) is 5.24. The number of hydrogen-bond donors (Lipinski definition) is 3. The summed E-state index contributed by atoms with van der Waals surface area (Å²) >= 11 is 1.99. The van der Waals surface area contributed by atoms with Crippen molar-refractivity contribution in [2.24, 2.45) is 0 Å². The number of hydrogen-bond acceptors (Lipinski definition) is 7. The van der Waals surface area contributed by atoms with Crippen LogP contribution in [0.4, 0.5) is 4.39 Å². The summed E-state index contributed by atoms with van der Waals surface area (Å²) in [6, 6.07) is 8.01. The zero-order valence-electron chi connectivity index (χ0n) is 22.4. The van der Waals surface area contributed by atoms with Crippen molar-refractivity contribution in [3.8, 4) is 11.5 Å². The van der Waals surface area contributed by atoms with Crippen molar-refractivity contribution in [1.82, 2.24) is 10.2 Å². The molecule has 0 aliphatic heterocycles. The first kappa shape index (κ1) is 31.5. The van der Waals surface area contributed by atoms with Gasteiger partial charge in [0.1, 0.15) is 24.3 Å². The van der Waals surface area contributed by atoms with Gasteiger partial charge in [0.05, 0.1) is 23.3 Å². The van der Waals surface area contributed by atoms with Crippen LogP contribution < -0.4 is 14.8 Å². The van der Waals surface area contributed by atoms with Gasteiger partial charge in [-0.1, -0.05) is 25.5 Å². The largest absolute Gasteiger partial charge is 0.493 e. The van der Waals surface area contributed by atoms with Crippen LogP contribution >= 0.6 is 22.6 Å². The molecule has 0 saturated heterocycles. The Labute approximate surface area is 246 Å². The van der Waals surface area contributed by atoms with Crippen molar-refractivity contribution >= 4 is 40.7 Å². The highest BCUT2D eigenvalue weighted by Gasteiger charge is 2.40. The molecule has 3 unspecified atom stereocenters. The third kappa shape index (κ3) is 8.01. The van der Waals surface area contributed by atoms with Crippen LogP contribution in [-0.4, -0.2) is 71.7 Å². The molecule has 2 aromatic carbocycles. The van der Waals surface area contributed by atoms with Gasteiger partial charge in [0.15, 0.2) is 11.5 Å². The Morgan fingerprint density at radius 2 is 1.98 bits per heavy atom. The maximum absolute atomic E-state index is 13.6. The van der Waals surface area contributed by atoms with E-state index in [1.165, 1.54) is 36.3 Å². The highest BCUT2D eigenvalue weighted by molar-refractivity contribution is 14.1. The molecule has 2 aromatic rings. The van der Waals surface area contributed by atoms with Crippen molar-refractivity contribution in [2.45, 2.75) is 57.4 Å². The number of amides is 2. The van der Waals surface area contributed by atoms with E-state index in [1.807, 2.05) is 29.5 Å². The van der Waals surface area contributed by atoms with Gasteiger partial charge in [0.25, 0.3) is 0 Å². The number of carbonyl (C=O) groups is 3. The zero-order valence-corrected chi connectivity index (χ0v) is 24.6. The smallest absolute Gasteiger partial charge is 0.247 e. The molecule has 0 aromatic heterocycles. The van der Waals surface area contributed by atoms with E-state index >= 15 is 0 Å². The number of ether oxygens (including phenoxy) is 2. The molecule has 3 atom stereocenters. The molecule has 2 amide bonds. The van der Waals surface area contributed by atoms with E-state index in [0.717, 1.165) is 6.42 Å². The van der Waals surface area contributed by atoms with Crippen molar-refractivity contribution in [1.29, 1.82) is 0 Å². The minimum absolute atomic E-state index is 0.0303. The van der Waals surface area contributed by atoms with Crippen LogP contribution in [0.15, 0.2) is 48.0 Å². The summed E-state index contributed by atoms with van der Waals surface area (Å²) in [7, 11) is 1.42. The molecule has 3 rings (SSSR count). The number of aliphatic hydroxyl groups is 2. The molecular formula is C29H34FIN2O7. The summed E-state index contributed by atoms with van der Waals surface area (Å²) in [6.07, 6.45) is 1.58. The predicted molar refractivity (Wildman–Crippen MR) is 155 cm³/mol. The van der Waals surface area contributed by atoms with Crippen LogP contribution in [0.5, 0.6) is 11.5 Å². The third-order valence-electron chi connectivity index (χ3n) is 6.59. The first-order valence-electron chi connectivity index (χ1n) is 13.0. The summed E-state index contributed by atoms with van der Waals surface area (Å²) in [4.78, 5) is 39.3. The lowest BCUT2D eigenvalue weighted by Gasteiger charge is -2.41. The van der Waals surface area contributed by atoms with Gasteiger partial charge in [0.2, 0.25) is 11.8 Å². The number of nitrogens with one attached hydrogen (secondary N) is 1. The maximum atomic E-state index is 13.6. The monoisotopic (exact) mass is 668 g/mol. The van der Waals surface area contributed by atoms with E-state index in [1.54, 1.807) is 18.2 Å². The first-order valence-corrected chi connectivity index (χ1v) is 14.1. The summed E-state index contributed by atoms with van der Waals surface area (Å²) in [6.45, 7) is 1.84. The van der Waals surface area contributed by atoms with Gasteiger partial charge in [-0.25, -0.2) is 4.39 Å². The quantitative estimate of drug-likeness (QED) is 0.221. The molecule has 1 aliphatic carbocycles. The number of carbonyl (C=O) groups excluding carboxylic acids is 3. The van der Waals surface area contributed by atoms with E-state index in [4.69, 9.17) is 9.47 Å². The number of nitrogens with zero attached hydrogens (tertiary/aromatic N) is 1. The lowest BCUT2D eigenvalue weighted by molar-refractivity contribution is -0.139. The van der Waals surface area contributed by atoms with E-state index < -0.39 is 30.0 Å². The number of rotatable bonds is 13. The molecule has 0 heterocycles. The van der Waals surface area contributed by atoms with E-state index in [0.29, 0.717) is 27.4 Å². The molecule has 0 fully saturated rings. The van der Waals surface area contributed by atoms with Crippen molar-refractivity contribution in [3.63, 3.8) is 0 Å². The van der Waals surface area contributed by atoms with Gasteiger partial charge in [-0.2, -0.15) is 0 Å². The summed E-state index contributed by atoms with van der Waals surface area (Å²) < 4.78 is 25.8. The van der Waals surface area contributed by atoms with Gasteiger partial charge in [-0.15, -0.1) is 0 Å². The lowest BCUT2D eigenvalue weighted by atomic mass is 9.87. The van der Waals surface area contributed by atoms with Crippen molar-refractivity contribution in [2.75, 3.05) is 20.3 Å². The fourth-order valence-electron chi connectivity index (χ4n) is 4.49. The Bertz CT molecular complexity index is 1220. The number of aliphatic hydroxyl groups excluding tert-OH is 2. The lowest BCUT2D eigenvalue weighted by Crippen LogP contribution is -2.54. The van der Waals surface area contributed by atoms with Gasteiger partial charge in [-0.3, -0.25) is 14.4 Å². The van der Waals surface area contributed by atoms with Crippen LogP contribution in [0, 0.1) is 9.39 Å². The fraction of sp³-hybridized carbons (Fsp3) is 0.414. The second-order valence-electron chi connectivity index (χ2n) is 9.42. The first-order chi connectivity index (χ1) is 19.2. The Balaban J connectivity index is 2.03. The number of unbranched alkanes of at least 4 members (excludes halogenated alkanes) is 1. The molecule has 9 nitrogen and oxygen atoms in total. The topological polar surface area (TPSA) is 125 Å². The van der Waals surface area contributed by atoms with Crippen molar-refractivity contribution in [3.05, 3.63) is 68.6 Å². The van der Waals surface area contributed by atoms with Crippen LogP contribution in [-0.2, 0) is 16.1 Å². The van der Waals surface area contributed by atoms with Crippen LogP contribution in [0.3, 0.4) is 0 Å². The Morgan fingerprint density at radius 3 is 2.60 bits per heavy atom. The Kier molecular flexibility index (Phi) is 11.9. The van der Waals surface area contributed by atoms with Gasteiger partial charge >= 0.3 is 0 Å². The molecule has 0 saturated carbocycles. The molecule has 0 spiro atoms. The van der Waals surface area contributed by atoms with Crippen LogP contribution in [0.1, 0.15) is 48.5 Å². The maximum Gasteiger partial charge on any atom is 0.247 e. The molecule has 3 N–H and O–H groups in total. The average molecular weight is 669 g/mol. The minimum atomic E-state index is -1.24. The Hall–Kier alpha value is -3.03. The van der Waals surface area contributed by atoms with Gasteiger partial charge in [0, 0.05) is 37.1 Å². The highest BCUT2D eigenvalue weighted by Crippen LogP contribution is 2.37. The van der Waals surface area contributed by atoms with E-state index in [-0.39, 0.29) is 55.5 Å². The second-order valence-corrected chi connectivity index (χ2v) is 10.6. The van der Waals surface area contributed by atoms with Crippen LogP contribution in [0.2, 0.25) is 0 Å². The molecule has 1 aliphatic rings. The minimum Gasteiger partial charge on any atom is -0.493 e. The number of methoxy groups -OCH3 is 1. The molecule has 0 radical (unpaired) electrons. The average Bonchev–Trinajstić information content (AvgIpc) is 2.96. The number of aldehydes is 1. The van der Waals surface area contributed by atoms with Crippen molar-refractivity contribution < 1.29 is 38.5 Å². The summed E-state index contributed by atoms with van der Waals surface area (Å²) in [5.41, 5.74) is 1.32. The highest BCUT2D eigenvalue weighted by atomic mass is 127.